The van der Waals surface area contributed by atoms with E-state index in [4.69, 9.17) is 0 Å². The Hall–Kier alpha value is -13.8. The smallest absolute Gasteiger partial charge is 0.00141 e. The van der Waals surface area contributed by atoms with E-state index < -0.39 is 0 Å². The molecule has 0 aliphatic heterocycles. The van der Waals surface area contributed by atoms with E-state index in [2.05, 4.69) is 473 Å². The van der Waals surface area contributed by atoms with Crippen LogP contribution in [0.5, 0.6) is 0 Å². The van der Waals surface area contributed by atoms with E-state index in [0.717, 1.165) is 0 Å². The summed E-state index contributed by atoms with van der Waals surface area (Å²) in [5, 5.41) is 34.9. The lowest BCUT2D eigenvalue weighted by Crippen LogP contribution is -1.93. The van der Waals surface area contributed by atoms with Crippen LogP contribution < -0.4 is 0 Å². The van der Waals surface area contributed by atoms with Crippen molar-refractivity contribution < 1.29 is 0 Å². The van der Waals surface area contributed by atoms with E-state index in [1.54, 1.807) is 0 Å². The molecule has 0 spiro atoms. The van der Waals surface area contributed by atoms with Gasteiger partial charge in [-0.05, 0) is 327 Å². The predicted molar refractivity (Wildman–Crippen MR) is 530 cm³/mol. The Bertz CT molecular complexity index is 6970. The Morgan fingerprint density at radius 2 is 0.292 bits per heavy atom. The lowest BCUT2D eigenvalue weighted by molar-refractivity contribution is 1.46. The third kappa shape index (κ3) is 16.4. The first kappa shape index (κ1) is 80.0. The van der Waals surface area contributed by atoms with Crippen LogP contribution in [-0.4, -0.2) is 0 Å². The molecule has 0 fully saturated rings. The first-order valence-corrected chi connectivity index (χ1v) is 42.3. The normalized spacial score (nSPS) is 11.1. The number of benzene rings is 22. The molecular weight excluding hydrogens is 1440 g/mol. The number of rotatable bonds is 2. The van der Waals surface area contributed by atoms with Crippen molar-refractivity contribution in [1.82, 2.24) is 0 Å². The molecule has 0 radical (unpaired) electrons. The van der Waals surface area contributed by atoms with Crippen LogP contribution in [-0.2, 0) is 0 Å². The highest BCUT2D eigenvalue weighted by molar-refractivity contribution is 6.25. The minimum Gasteiger partial charge on any atom is -0.0616 e. The third-order valence-corrected chi connectivity index (χ3v) is 24.7. The van der Waals surface area contributed by atoms with Crippen LogP contribution in [0.1, 0.15) is 77.9 Å². The SMILES string of the molecule is Cc1c2ccccc2c(-c2c3ccccc3c(C)c3ccccc23)c2ccccc12.Cc1c2ccccc2c(C)c2ccccc12.Cc1ccc(-c2ccc(C)c3ccccc23)c2ccccc12.Cc1ccc(C)c2ccccc12.Cc1ccc2cc(C)ccc2c1.Cc1ccc2cc3cc(C)ccc3cc2c1.Cc1cccc2c(C)cccc12. The van der Waals surface area contributed by atoms with Gasteiger partial charge in [-0.2, -0.15) is 0 Å². The van der Waals surface area contributed by atoms with Gasteiger partial charge in [0.25, 0.3) is 0 Å². The molecule has 0 heteroatoms. The first-order chi connectivity index (χ1) is 58.3. The molecule has 22 rings (SSSR count). The predicted octanol–water partition coefficient (Wildman–Crippen LogP) is 34.4. The van der Waals surface area contributed by atoms with Gasteiger partial charge in [0.1, 0.15) is 0 Å². The Morgan fingerprint density at radius 3 is 0.550 bits per heavy atom. The number of hydrogen-bond donors (Lipinski definition) is 0. The van der Waals surface area contributed by atoms with Gasteiger partial charge >= 0.3 is 0 Å². The fourth-order valence-electron chi connectivity index (χ4n) is 18.1. The van der Waals surface area contributed by atoms with Crippen LogP contribution >= 0.6 is 0 Å². The highest BCUT2D eigenvalue weighted by atomic mass is 14.2. The van der Waals surface area contributed by atoms with Crippen molar-refractivity contribution in [3.8, 4) is 22.3 Å². The summed E-state index contributed by atoms with van der Waals surface area (Å²) in [6, 6.07) is 136. The molecule has 0 atom stereocenters. The van der Waals surface area contributed by atoms with Crippen molar-refractivity contribution in [2.75, 3.05) is 0 Å². The molecule has 0 bridgehead atoms. The fourth-order valence-corrected chi connectivity index (χ4v) is 18.1. The lowest BCUT2D eigenvalue weighted by atomic mass is 9.83. The standard InChI is InChI=1S/C30H22.C22H18.2C16H14.3C12H12/c1-19-21-11-3-7-15-25(21)29(26-16-8-4-12-22(19)26)30-27-17-9-5-13-23(27)20(2)24-14-6-10-18-28(24)30;1-15-11-13-21(19-9-5-3-7-17(15)19)22-14-12-16(2)18-8-4-6-10-20(18)22;1-11-3-5-13-10-16-8-12(2)4-6-14(16)9-15(13)7-11;1-11-13-7-3-5-9-15(13)12(2)16-10-6-4-8-14(11)16;1-9-3-5-12-8-10(2)4-6-11(12)7-9;1-9-5-3-8-12-10(2)6-4-7-11(9)12;1-9-7-8-10(2)12-6-4-3-5-11(9)12/h3-18H,1-2H3;3-14H,1-2H3;2*3-10H,1-2H3;3*3-8H,1-2H3. The molecule has 0 amide bonds. The molecule has 0 aliphatic rings. The molecular formula is C120H104. The van der Waals surface area contributed by atoms with Crippen LogP contribution in [0, 0.1) is 96.9 Å². The zero-order chi connectivity index (χ0) is 83.2. The Balaban J connectivity index is 0.000000107. The van der Waals surface area contributed by atoms with Gasteiger partial charge in [0.05, 0.1) is 0 Å². The summed E-state index contributed by atoms with van der Waals surface area (Å²) < 4.78 is 0. The molecule has 0 saturated carbocycles. The highest BCUT2D eigenvalue weighted by Crippen LogP contribution is 2.47. The average molecular weight is 1550 g/mol. The quantitative estimate of drug-likeness (QED) is 0.151. The van der Waals surface area contributed by atoms with E-state index in [1.165, 1.54) is 240 Å². The molecule has 0 saturated heterocycles. The summed E-state index contributed by atoms with van der Waals surface area (Å²) in [7, 11) is 0. The van der Waals surface area contributed by atoms with Gasteiger partial charge in [-0.3, -0.25) is 0 Å². The number of fused-ring (bicyclic) bond motifs is 13. The number of hydrogen-bond acceptors (Lipinski definition) is 0. The van der Waals surface area contributed by atoms with Crippen molar-refractivity contribution in [3.05, 3.63) is 454 Å². The summed E-state index contributed by atoms with van der Waals surface area (Å²) >= 11 is 0. The maximum atomic E-state index is 2.29. The van der Waals surface area contributed by atoms with Gasteiger partial charge in [-0.15, -0.1) is 0 Å². The minimum atomic E-state index is 1.32. The Kier molecular flexibility index (Phi) is 23.5. The van der Waals surface area contributed by atoms with E-state index in [0.29, 0.717) is 0 Å². The summed E-state index contributed by atoms with van der Waals surface area (Å²) in [5.41, 5.74) is 24.2. The molecule has 22 aromatic rings. The van der Waals surface area contributed by atoms with Crippen LogP contribution in [0.15, 0.2) is 376 Å². The molecule has 0 nitrogen and oxygen atoms in total. The van der Waals surface area contributed by atoms with E-state index in [1.807, 2.05) is 0 Å². The number of aryl methyl sites for hydroxylation is 14. The third-order valence-electron chi connectivity index (χ3n) is 24.7. The topological polar surface area (TPSA) is 0 Å². The summed E-state index contributed by atoms with van der Waals surface area (Å²) in [4.78, 5) is 0. The highest BCUT2D eigenvalue weighted by Gasteiger charge is 2.20. The molecule has 0 N–H and O–H groups in total. The van der Waals surface area contributed by atoms with Gasteiger partial charge in [-0.1, -0.05) is 386 Å². The largest absolute Gasteiger partial charge is 0.0616 e. The van der Waals surface area contributed by atoms with Crippen molar-refractivity contribution in [3.63, 3.8) is 0 Å². The van der Waals surface area contributed by atoms with E-state index >= 15 is 0 Å². The fraction of sp³-hybridized carbons (Fsp3) is 0.117. The van der Waals surface area contributed by atoms with Gasteiger partial charge in [0.15, 0.2) is 0 Å². The van der Waals surface area contributed by atoms with Gasteiger partial charge in [0, 0.05) is 0 Å². The van der Waals surface area contributed by atoms with Crippen LogP contribution in [0.25, 0.3) is 162 Å². The summed E-state index contributed by atoms with van der Waals surface area (Å²) in [6.45, 7) is 30.4. The monoisotopic (exact) mass is 1540 g/mol. The van der Waals surface area contributed by atoms with Crippen LogP contribution in [0.4, 0.5) is 0 Å². The molecule has 120 heavy (non-hydrogen) atoms. The maximum Gasteiger partial charge on any atom is -0.00141 e. The first-order valence-electron chi connectivity index (χ1n) is 42.3. The van der Waals surface area contributed by atoms with Gasteiger partial charge in [-0.25, -0.2) is 0 Å². The second-order valence-corrected chi connectivity index (χ2v) is 32.9. The Morgan fingerprint density at radius 1 is 0.117 bits per heavy atom. The minimum absolute atomic E-state index is 1.32. The summed E-state index contributed by atoms with van der Waals surface area (Å²) in [6.07, 6.45) is 0. The second-order valence-electron chi connectivity index (χ2n) is 32.9. The van der Waals surface area contributed by atoms with Crippen molar-refractivity contribution in [1.29, 1.82) is 0 Å². The van der Waals surface area contributed by atoms with Crippen molar-refractivity contribution >= 4 is 140 Å². The molecule has 0 aliphatic carbocycles. The summed E-state index contributed by atoms with van der Waals surface area (Å²) in [5.74, 6) is 0. The zero-order valence-corrected chi connectivity index (χ0v) is 71.8. The van der Waals surface area contributed by atoms with Crippen LogP contribution in [0.3, 0.4) is 0 Å². The van der Waals surface area contributed by atoms with Gasteiger partial charge < -0.3 is 0 Å². The van der Waals surface area contributed by atoms with E-state index in [9.17, 15) is 0 Å². The van der Waals surface area contributed by atoms with Gasteiger partial charge in [0.2, 0.25) is 0 Å². The van der Waals surface area contributed by atoms with Crippen molar-refractivity contribution in [2.45, 2.75) is 96.9 Å². The molecule has 0 heterocycles. The molecule has 22 aromatic carbocycles. The zero-order valence-electron chi connectivity index (χ0n) is 71.8. The second kappa shape index (κ2) is 35.2. The maximum absolute atomic E-state index is 2.29. The van der Waals surface area contributed by atoms with Crippen molar-refractivity contribution in [2.24, 2.45) is 0 Å². The molecule has 0 unspecified atom stereocenters. The Labute approximate surface area is 708 Å². The van der Waals surface area contributed by atoms with Crippen LogP contribution in [0.2, 0.25) is 0 Å². The average Bonchev–Trinajstić information content (AvgIpc) is 0.715. The molecule has 584 valence electrons. The lowest BCUT2D eigenvalue weighted by Gasteiger charge is -2.20. The molecule has 0 aromatic heterocycles. The van der Waals surface area contributed by atoms with E-state index in [-0.39, 0.29) is 0 Å².